The number of nitrogens with zero attached hydrogens (tertiary/aromatic N) is 1. The molecular weight excluding hydrogens is 245 g/mol. The fraction of sp³-hybridized carbons (Fsp3) is 0.200. The number of non-ortho nitro benzene ring substituents is 1. The maximum Gasteiger partial charge on any atom is 0.410 e. The van der Waals surface area contributed by atoms with Gasteiger partial charge in [-0.25, -0.2) is 4.57 Å². The summed E-state index contributed by atoms with van der Waals surface area (Å²) in [5, 5.41) is 10.7. The summed E-state index contributed by atoms with van der Waals surface area (Å²) in [6.45, 7) is 5.18. The molecule has 1 atom stereocenters. The molecule has 7 heteroatoms. The van der Waals surface area contributed by atoms with E-state index in [1.54, 1.807) is 6.92 Å². The average Bonchev–Trinajstić information content (AvgIpc) is 2.30. The van der Waals surface area contributed by atoms with E-state index in [1.165, 1.54) is 24.3 Å². The number of hydrogen-bond donors (Lipinski definition) is 0. The summed E-state index contributed by atoms with van der Waals surface area (Å²) < 4.78 is 22.1. The molecule has 0 bridgehead atoms. The molecule has 1 unspecified atom stereocenters. The molecular formula is C10H12NO5P. The zero-order valence-corrected chi connectivity index (χ0v) is 10.1. The maximum atomic E-state index is 12.2. The number of rotatable bonds is 6. The van der Waals surface area contributed by atoms with Gasteiger partial charge >= 0.3 is 7.60 Å². The molecule has 0 saturated heterocycles. The van der Waals surface area contributed by atoms with Crippen LogP contribution in [0.1, 0.15) is 6.92 Å². The fourth-order valence-corrected chi connectivity index (χ4v) is 2.57. The summed E-state index contributed by atoms with van der Waals surface area (Å²) >= 11 is 0. The smallest absolute Gasteiger partial charge is 0.410 e. The number of benzene rings is 1. The van der Waals surface area contributed by atoms with Crippen LogP contribution in [0.5, 0.6) is 0 Å². The van der Waals surface area contributed by atoms with E-state index in [-0.39, 0.29) is 17.6 Å². The van der Waals surface area contributed by atoms with Crippen molar-refractivity contribution in [3.8, 4) is 0 Å². The van der Waals surface area contributed by atoms with E-state index in [1.807, 2.05) is 0 Å². The fourth-order valence-electron chi connectivity index (χ4n) is 1.19. The lowest BCUT2D eigenvalue weighted by Crippen LogP contribution is -2.08. The van der Waals surface area contributed by atoms with Crippen molar-refractivity contribution in [1.29, 1.82) is 0 Å². The monoisotopic (exact) mass is 257 g/mol. The van der Waals surface area contributed by atoms with Crippen molar-refractivity contribution in [3.05, 3.63) is 47.2 Å². The van der Waals surface area contributed by atoms with E-state index < -0.39 is 12.5 Å². The third kappa shape index (κ3) is 3.15. The van der Waals surface area contributed by atoms with Gasteiger partial charge in [0.1, 0.15) is 0 Å². The maximum absolute atomic E-state index is 12.2. The Labute approximate surface area is 98.5 Å². The van der Waals surface area contributed by atoms with Crippen LogP contribution in [0.4, 0.5) is 5.69 Å². The molecule has 0 fully saturated rings. The molecule has 1 aromatic carbocycles. The lowest BCUT2D eigenvalue weighted by molar-refractivity contribution is -0.384. The molecule has 0 aliphatic rings. The van der Waals surface area contributed by atoms with E-state index in [2.05, 4.69) is 6.58 Å². The van der Waals surface area contributed by atoms with Gasteiger partial charge in [-0.3, -0.25) is 14.6 Å². The Morgan fingerprint density at radius 3 is 2.47 bits per heavy atom. The minimum Gasteiger partial charge on any atom is -0.430 e. The second kappa shape index (κ2) is 5.61. The molecule has 0 radical (unpaired) electrons. The normalized spacial score (nSPS) is 13.7. The summed E-state index contributed by atoms with van der Waals surface area (Å²) in [6, 6.07) is 5.18. The van der Waals surface area contributed by atoms with Crippen LogP contribution in [0.2, 0.25) is 0 Å². The highest BCUT2D eigenvalue weighted by atomic mass is 31.2. The summed E-state index contributed by atoms with van der Waals surface area (Å²) in [6.07, 6.45) is 1.03. The molecule has 0 aliphatic carbocycles. The van der Waals surface area contributed by atoms with Crippen LogP contribution in [0.15, 0.2) is 37.1 Å². The Kier molecular flexibility index (Phi) is 4.43. The lowest BCUT2D eigenvalue weighted by Gasteiger charge is -2.15. The SMILES string of the molecule is C=COP(=O)(OCC)c1ccc([N+](=O)[O-])cc1. The minimum absolute atomic E-state index is 0.0876. The molecule has 0 aromatic heterocycles. The van der Waals surface area contributed by atoms with Gasteiger partial charge in [-0.2, -0.15) is 0 Å². The molecule has 0 aliphatic heterocycles. The van der Waals surface area contributed by atoms with Crippen molar-refractivity contribution in [2.75, 3.05) is 6.61 Å². The van der Waals surface area contributed by atoms with Crippen molar-refractivity contribution in [2.24, 2.45) is 0 Å². The lowest BCUT2D eigenvalue weighted by atomic mass is 10.3. The van der Waals surface area contributed by atoms with E-state index in [4.69, 9.17) is 9.05 Å². The van der Waals surface area contributed by atoms with Gasteiger partial charge in [-0.15, -0.1) is 0 Å². The summed E-state index contributed by atoms with van der Waals surface area (Å²) in [4.78, 5) is 9.93. The van der Waals surface area contributed by atoms with Crippen molar-refractivity contribution >= 4 is 18.6 Å². The van der Waals surface area contributed by atoms with Crippen LogP contribution in [-0.2, 0) is 13.6 Å². The minimum atomic E-state index is -3.46. The summed E-state index contributed by atoms with van der Waals surface area (Å²) in [5.74, 6) is 0. The Morgan fingerprint density at radius 1 is 1.47 bits per heavy atom. The third-order valence-corrected chi connectivity index (χ3v) is 3.84. The van der Waals surface area contributed by atoms with Crippen LogP contribution in [0.25, 0.3) is 0 Å². The Bertz CT molecular complexity index is 456. The number of nitro groups is 1. The average molecular weight is 257 g/mol. The van der Waals surface area contributed by atoms with Crippen molar-refractivity contribution in [3.63, 3.8) is 0 Å². The molecule has 0 saturated carbocycles. The third-order valence-electron chi connectivity index (χ3n) is 1.89. The van der Waals surface area contributed by atoms with Gasteiger partial charge in [0.25, 0.3) is 5.69 Å². The molecule has 0 spiro atoms. The number of hydrogen-bond acceptors (Lipinski definition) is 5. The van der Waals surface area contributed by atoms with Crippen LogP contribution >= 0.6 is 7.60 Å². The van der Waals surface area contributed by atoms with Gasteiger partial charge in [0.2, 0.25) is 0 Å². The molecule has 0 amide bonds. The van der Waals surface area contributed by atoms with E-state index >= 15 is 0 Å². The Balaban J connectivity index is 3.07. The zero-order valence-electron chi connectivity index (χ0n) is 9.24. The first-order valence-electron chi connectivity index (χ1n) is 4.82. The van der Waals surface area contributed by atoms with E-state index in [0.717, 1.165) is 6.26 Å². The van der Waals surface area contributed by atoms with E-state index in [9.17, 15) is 14.7 Å². The van der Waals surface area contributed by atoms with Gasteiger partial charge in [-0.1, -0.05) is 6.58 Å². The molecule has 1 rings (SSSR count). The highest BCUT2D eigenvalue weighted by Gasteiger charge is 2.27. The Hall–Kier alpha value is -1.65. The zero-order chi connectivity index (χ0) is 12.9. The van der Waals surface area contributed by atoms with Crippen molar-refractivity contribution < 1.29 is 18.5 Å². The first-order chi connectivity index (χ1) is 8.03. The molecule has 0 heterocycles. The predicted molar refractivity (Wildman–Crippen MR) is 63.2 cm³/mol. The van der Waals surface area contributed by atoms with Crippen molar-refractivity contribution in [1.82, 2.24) is 0 Å². The van der Waals surface area contributed by atoms with E-state index in [0.29, 0.717) is 0 Å². The molecule has 0 N–H and O–H groups in total. The van der Waals surface area contributed by atoms with Gasteiger partial charge in [0.15, 0.2) is 0 Å². The summed E-state index contributed by atoms with van der Waals surface area (Å²) in [5.41, 5.74) is -0.0876. The second-order valence-corrected chi connectivity index (χ2v) is 4.94. The first kappa shape index (κ1) is 13.4. The molecule has 6 nitrogen and oxygen atoms in total. The van der Waals surface area contributed by atoms with Gasteiger partial charge in [0, 0.05) is 12.1 Å². The highest BCUT2D eigenvalue weighted by molar-refractivity contribution is 7.62. The van der Waals surface area contributed by atoms with Gasteiger partial charge in [0.05, 0.1) is 23.1 Å². The Morgan fingerprint density at radius 2 is 2.06 bits per heavy atom. The topological polar surface area (TPSA) is 78.7 Å². The van der Waals surface area contributed by atoms with Crippen LogP contribution in [-0.4, -0.2) is 11.5 Å². The van der Waals surface area contributed by atoms with Gasteiger partial charge in [-0.05, 0) is 19.1 Å². The summed E-state index contributed by atoms with van der Waals surface area (Å²) in [7, 11) is -3.46. The predicted octanol–water partition coefficient (Wildman–Crippen LogP) is 2.61. The standard InChI is InChI=1S/C10H12NO5P/c1-3-15-17(14,16-4-2)10-7-5-9(6-8-10)11(12)13/h3,5-8H,1,4H2,2H3. The molecule has 92 valence electrons. The number of nitro benzene ring substituents is 1. The quantitative estimate of drug-likeness (QED) is 0.338. The largest absolute Gasteiger partial charge is 0.430 e. The first-order valence-corrected chi connectivity index (χ1v) is 6.36. The van der Waals surface area contributed by atoms with Crippen LogP contribution in [0.3, 0.4) is 0 Å². The molecule has 1 aromatic rings. The highest BCUT2D eigenvalue weighted by Crippen LogP contribution is 2.47. The van der Waals surface area contributed by atoms with Crippen molar-refractivity contribution in [2.45, 2.75) is 6.92 Å². The van der Waals surface area contributed by atoms with Gasteiger partial charge < -0.3 is 4.52 Å². The second-order valence-electron chi connectivity index (χ2n) is 2.96. The van der Waals surface area contributed by atoms with Crippen LogP contribution < -0.4 is 5.30 Å². The molecule has 17 heavy (non-hydrogen) atoms. The van der Waals surface area contributed by atoms with Crippen LogP contribution in [0, 0.1) is 10.1 Å².